The van der Waals surface area contributed by atoms with Gasteiger partial charge in [0.25, 0.3) is 11.6 Å². The number of nitro benzene ring substituents is 1. The summed E-state index contributed by atoms with van der Waals surface area (Å²) in [5.74, 6) is -0.476. The van der Waals surface area contributed by atoms with Crippen LogP contribution in [-0.4, -0.2) is 25.7 Å². The van der Waals surface area contributed by atoms with Gasteiger partial charge in [-0.2, -0.15) is 5.10 Å². The molecule has 0 saturated carbocycles. The zero-order chi connectivity index (χ0) is 19.7. The number of nitrogens with zero attached hydrogens (tertiary/aromatic N) is 3. The van der Waals surface area contributed by atoms with Crippen molar-refractivity contribution in [3.8, 4) is 5.75 Å². The molecular weight excluding hydrogens is 376 g/mol. The SMILES string of the molecule is Cc1nn(Cc2ccc(C(=O)Nc3cc([N+](=O)[O-])ccc3O)o2)c(C)c1Cl. The highest BCUT2D eigenvalue weighted by Gasteiger charge is 2.17. The molecule has 0 radical (unpaired) electrons. The minimum absolute atomic E-state index is 0.0106. The minimum atomic E-state index is -0.650. The van der Waals surface area contributed by atoms with Crippen molar-refractivity contribution in [1.29, 1.82) is 0 Å². The second-order valence-corrected chi connectivity index (χ2v) is 6.20. The molecule has 2 heterocycles. The van der Waals surface area contributed by atoms with Crippen LogP contribution in [0.5, 0.6) is 5.75 Å². The molecule has 140 valence electrons. The first-order valence-electron chi connectivity index (χ1n) is 7.83. The maximum Gasteiger partial charge on any atom is 0.291 e. The first-order chi connectivity index (χ1) is 12.8. The lowest BCUT2D eigenvalue weighted by atomic mass is 10.2. The summed E-state index contributed by atoms with van der Waals surface area (Å²) in [6, 6.07) is 6.41. The molecule has 0 spiro atoms. The third-order valence-corrected chi connectivity index (χ3v) is 4.47. The Hall–Kier alpha value is -3.33. The number of aryl methyl sites for hydroxylation is 1. The van der Waals surface area contributed by atoms with E-state index >= 15 is 0 Å². The van der Waals surface area contributed by atoms with Crippen molar-refractivity contribution in [3.05, 3.63) is 68.4 Å². The fraction of sp³-hybridized carbons (Fsp3) is 0.176. The van der Waals surface area contributed by atoms with Gasteiger partial charge in [0.2, 0.25) is 0 Å². The standard InChI is InChI=1S/C17H15ClN4O5/c1-9-16(18)10(2)21(20-9)8-12-4-6-15(27-12)17(24)19-13-7-11(22(25)26)3-5-14(13)23/h3-7,23H,8H2,1-2H3,(H,19,24). The number of carbonyl (C=O) groups is 1. The number of rotatable bonds is 5. The minimum Gasteiger partial charge on any atom is -0.506 e. The Balaban J connectivity index is 1.76. The molecule has 2 aromatic heterocycles. The third-order valence-electron chi connectivity index (χ3n) is 3.92. The molecule has 9 nitrogen and oxygen atoms in total. The van der Waals surface area contributed by atoms with E-state index in [0.717, 1.165) is 23.9 Å². The van der Waals surface area contributed by atoms with Crippen LogP contribution in [0.1, 0.15) is 27.7 Å². The van der Waals surface area contributed by atoms with Gasteiger partial charge in [0, 0.05) is 12.1 Å². The second-order valence-electron chi connectivity index (χ2n) is 5.82. The van der Waals surface area contributed by atoms with Gasteiger partial charge in [-0.05, 0) is 32.0 Å². The molecule has 1 amide bonds. The van der Waals surface area contributed by atoms with Gasteiger partial charge in [-0.3, -0.25) is 19.6 Å². The van der Waals surface area contributed by atoms with Crippen molar-refractivity contribution in [2.45, 2.75) is 20.4 Å². The van der Waals surface area contributed by atoms with Crippen LogP contribution >= 0.6 is 11.6 Å². The zero-order valence-corrected chi connectivity index (χ0v) is 15.1. The molecular formula is C17H15ClN4O5. The number of phenols is 1. The number of hydrogen-bond donors (Lipinski definition) is 2. The smallest absolute Gasteiger partial charge is 0.291 e. The number of furan rings is 1. The van der Waals surface area contributed by atoms with Crippen molar-refractivity contribution < 1.29 is 19.2 Å². The summed E-state index contributed by atoms with van der Waals surface area (Å²) in [7, 11) is 0. The van der Waals surface area contributed by atoms with Crippen molar-refractivity contribution in [2.24, 2.45) is 0 Å². The van der Waals surface area contributed by atoms with Crippen LogP contribution in [-0.2, 0) is 6.54 Å². The van der Waals surface area contributed by atoms with Crippen LogP contribution in [0, 0.1) is 24.0 Å². The average molecular weight is 391 g/mol. The van der Waals surface area contributed by atoms with Gasteiger partial charge in [-0.15, -0.1) is 0 Å². The number of carbonyl (C=O) groups excluding carboxylic acids is 1. The number of nitro groups is 1. The summed E-state index contributed by atoms with van der Waals surface area (Å²) in [4.78, 5) is 22.5. The normalized spacial score (nSPS) is 10.8. The molecule has 0 aliphatic heterocycles. The Labute approximate surface area is 158 Å². The van der Waals surface area contributed by atoms with Gasteiger partial charge in [-0.1, -0.05) is 11.6 Å². The van der Waals surface area contributed by atoms with E-state index in [1.165, 1.54) is 6.07 Å². The number of aromatic hydroxyl groups is 1. The Kier molecular flexibility index (Phi) is 4.87. The summed E-state index contributed by atoms with van der Waals surface area (Å²) >= 11 is 6.11. The average Bonchev–Trinajstić information content (AvgIpc) is 3.18. The van der Waals surface area contributed by atoms with E-state index in [1.54, 1.807) is 17.7 Å². The zero-order valence-electron chi connectivity index (χ0n) is 14.4. The van der Waals surface area contributed by atoms with Gasteiger partial charge in [0.15, 0.2) is 5.76 Å². The number of benzene rings is 1. The Morgan fingerprint density at radius 2 is 2.11 bits per heavy atom. The molecule has 3 aromatic rings. The van der Waals surface area contributed by atoms with E-state index in [9.17, 15) is 20.0 Å². The second kappa shape index (κ2) is 7.12. The molecule has 2 N–H and O–H groups in total. The number of phenolic OH excluding ortho intramolecular Hbond substituents is 1. The van der Waals surface area contributed by atoms with Crippen LogP contribution in [0.3, 0.4) is 0 Å². The highest BCUT2D eigenvalue weighted by molar-refractivity contribution is 6.31. The van der Waals surface area contributed by atoms with Crippen LogP contribution in [0.2, 0.25) is 5.02 Å². The van der Waals surface area contributed by atoms with Crippen molar-refractivity contribution in [1.82, 2.24) is 9.78 Å². The van der Waals surface area contributed by atoms with E-state index in [-0.39, 0.29) is 29.4 Å². The predicted molar refractivity (Wildman–Crippen MR) is 97.2 cm³/mol. The molecule has 1 aromatic carbocycles. The van der Waals surface area contributed by atoms with E-state index < -0.39 is 10.8 Å². The summed E-state index contributed by atoms with van der Waals surface area (Å²) in [5, 5.41) is 27.9. The lowest BCUT2D eigenvalue weighted by molar-refractivity contribution is -0.384. The Morgan fingerprint density at radius 3 is 2.74 bits per heavy atom. The Morgan fingerprint density at radius 1 is 1.37 bits per heavy atom. The fourth-order valence-corrected chi connectivity index (χ4v) is 2.62. The molecule has 10 heteroatoms. The van der Waals surface area contributed by atoms with Crippen molar-refractivity contribution >= 4 is 28.9 Å². The number of hydrogen-bond acceptors (Lipinski definition) is 6. The molecule has 0 fully saturated rings. The van der Waals surface area contributed by atoms with E-state index in [0.29, 0.717) is 16.5 Å². The number of anilines is 1. The topological polar surface area (TPSA) is 123 Å². The quantitative estimate of drug-likeness (QED) is 0.389. The first-order valence-corrected chi connectivity index (χ1v) is 8.21. The number of amides is 1. The maximum atomic E-state index is 12.3. The van der Waals surface area contributed by atoms with Crippen molar-refractivity contribution in [2.75, 3.05) is 5.32 Å². The van der Waals surface area contributed by atoms with Gasteiger partial charge in [-0.25, -0.2) is 0 Å². The van der Waals surface area contributed by atoms with Gasteiger partial charge in [0.05, 0.1) is 33.6 Å². The summed E-state index contributed by atoms with van der Waals surface area (Å²) in [6.45, 7) is 3.90. The van der Waals surface area contributed by atoms with Crippen LogP contribution in [0.25, 0.3) is 0 Å². The summed E-state index contributed by atoms with van der Waals surface area (Å²) < 4.78 is 7.17. The van der Waals surface area contributed by atoms with Gasteiger partial charge < -0.3 is 14.8 Å². The molecule has 0 aliphatic rings. The maximum absolute atomic E-state index is 12.3. The van der Waals surface area contributed by atoms with Gasteiger partial charge >= 0.3 is 0 Å². The third kappa shape index (κ3) is 3.77. The summed E-state index contributed by atoms with van der Waals surface area (Å²) in [6.07, 6.45) is 0. The van der Waals surface area contributed by atoms with E-state index in [4.69, 9.17) is 16.0 Å². The Bertz CT molecular complexity index is 1040. The monoisotopic (exact) mass is 390 g/mol. The van der Waals surface area contributed by atoms with E-state index in [2.05, 4.69) is 10.4 Å². The van der Waals surface area contributed by atoms with Crippen molar-refractivity contribution in [3.63, 3.8) is 0 Å². The lowest BCUT2D eigenvalue weighted by Gasteiger charge is -2.06. The van der Waals surface area contributed by atoms with Crippen LogP contribution < -0.4 is 5.32 Å². The molecule has 0 unspecified atom stereocenters. The first kappa shape index (κ1) is 18.5. The van der Waals surface area contributed by atoms with Gasteiger partial charge in [0.1, 0.15) is 11.5 Å². The lowest BCUT2D eigenvalue weighted by Crippen LogP contribution is -2.11. The molecule has 27 heavy (non-hydrogen) atoms. The highest BCUT2D eigenvalue weighted by atomic mass is 35.5. The molecule has 0 bridgehead atoms. The van der Waals surface area contributed by atoms with Crippen LogP contribution in [0.15, 0.2) is 34.7 Å². The number of halogens is 1. The highest BCUT2D eigenvalue weighted by Crippen LogP contribution is 2.28. The van der Waals surface area contributed by atoms with Crippen LogP contribution in [0.4, 0.5) is 11.4 Å². The number of aromatic nitrogens is 2. The summed E-state index contributed by atoms with van der Waals surface area (Å²) in [5.41, 5.74) is 1.13. The molecule has 0 atom stereocenters. The molecule has 3 rings (SSSR count). The van der Waals surface area contributed by atoms with E-state index in [1.807, 2.05) is 6.92 Å². The molecule has 0 aliphatic carbocycles. The fourth-order valence-electron chi connectivity index (χ4n) is 2.48. The largest absolute Gasteiger partial charge is 0.506 e. The number of nitrogens with one attached hydrogen (secondary N) is 1. The molecule has 0 saturated heterocycles. The number of non-ortho nitro benzene ring substituents is 1. The predicted octanol–water partition coefficient (Wildman–Crippen LogP) is 3.66.